The van der Waals surface area contributed by atoms with Crippen molar-refractivity contribution in [1.82, 2.24) is 5.32 Å². The van der Waals surface area contributed by atoms with Crippen LogP contribution in [0.1, 0.15) is 30.4 Å². The summed E-state index contributed by atoms with van der Waals surface area (Å²) in [6.45, 7) is 4.33. The summed E-state index contributed by atoms with van der Waals surface area (Å²) in [5.41, 5.74) is 7.98. The molecule has 94 valence electrons. The molecule has 1 saturated carbocycles. The predicted molar refractivity (Wildman–Crippen MR) is 68.2 cm³/mol. The van der Waals surface area contributed by atoms with E-state index in [1.165, 1.54) is 25.3 Å². The van der Waals surface area contributed by atoms with Gasteiger partial charge in [-0.3, -0.25) is 0 Å². The molecule has 0 spiro atoms. The Morgan fingerprint density at radius 3 is 2.71 bits per heavy atom. The van der Waals surface area contributed by atoms with E-state index in [0.717, 1.165) is 25.2 Å². The molecule has 17 heavy (non-hydrogen) atoms. The lowest BCUT2D eigenvalue weighted by Crippen LogP contribution is -2.45. The number of aryl methyl sites for hydroxylation is 1. The van der Waals surface area contributed by atoms with Crippen molar-refractivity contribution in [2.24, 2.45) is 11.1 Å². The second-order valence-electron chi connectivity index (χ2n) is 5.24. The van der Waals surface area contributed by atoms with Gasteiger partial charge in [0.2, 0.25) is 0 Å². The molecule has 0 aromatic heterocycles. The number of nitrogens with two attached hydrogens (primary N) is 1. The molecule has 1 aliphatic carbocycles. The highest BCUT2D eigenvalue weighted by atomic mass is 19.1. The zero-order chi connectivity index (χ0) is 12.3. The Bertz CT molecular complexity index is 380. The maximum Gasteiger partial charge on any atom is 0.126 e. The predicted octanol–water partition coefficient (Wildman–Crippen LogP) is 2.35. The van der Waals surface area contributed by atoms with Crippen LogP contribution in [0.4, 0.5) is 4.39 Å². The van der Waals surface area contributed by atoms with Gasteiger partial charge in [-0.15, -0.1) is 0 Å². The number of halogens is 1. The van der Waals surface area contributed by atoms with Crippen LogP contribution in [0.15, 0.2) is 18.2 Å². The number of nitrogens with one attached hydrogen (secondary N) is 1. The Morgan fingerprint density at radius 2 is 2.18 bits per heavy atom. The third-order valence-corrected chi connectivity index (χ3v) is 3.90. The quantitative estimate of drug-likeness (QED) is 0.823. The Kier molecular flexibility index (Phi) is 3.79. The fourth-order valence-corrected chi connectivity index (χ4v) is 2.42. The third-order valence-electron chi connectivity index (χ3n) is 3.90. The van der Waals surface area contributed by atoms with Gasteiger partial charge < -0.3 is 11.1 Å². The van der Waals surface area contributed by atoms with Gasteiger partial charge in [-0.05, 0) is 48.9 Å². The van der Waals surface area contributed by atoms with Crippen LogP contribution in [0.2, 0.25) is 0 Å². The molecule has 2 nitrogen and oxygen atoms in total. The third kappa shape index (κ3) is 2.85. The van der Waals surface area contributed by atoms with Gasteiger partial charge in [0.1, 0.15) is 5.82 Å². The molecule has 0 aliphatic heterocycles. The van der Waals surface area contributed by atoms with E-state index in [4.69, 9.17) is 5.73 Å². The lowest BCUT2D eigenvalue weighted by atomic mass is 9.69. The van der Waals surface area contributed by atoms with E-state index in [0.29, 0.717) is 11.0 Å². The average Bonchev–Trinajstić information content (AvgIpc) is 2.27. The summed E-state index contributed by atoms with van der Waals surface area (Å²) in [7, 11) is 0. The number of benzene rings is 1. The molecule has 1 aliphatic rings. The van der Waals surface area contributed by atoms with E-state index in [1.807, 2.05) is 12.1 Å². The molecule has 2 rings (SSSR count). The van der Waals surface area contributed by atoms with Crippen LogP contribution in [0.3, 0.4) is 0 Å². The van der Waals surface area contributed by atoms with Crippen LogP contribution in [-0.4, -0.2) is 13.1 Å². The number of rotatable bonds is 5. The molecule has 0 saturated heterocycles. The average molecular weight is 236 g/mol. The molecule has 0 atom stereocenters. The monoisotopic (exact) mass is 236 g/mol. The number of hydrogen-bond donors (Lipinski definition) is 2. The smallest absolute Gasteiger partial charge is 0.126 e. The Labute approximate surface area is 102 Å². The molecular formula is C14H21FN2. The first-order chi connectivity index (χ1) is 8.15. The van der Waals surface area contributed by atoms with Crippen LogP contribution in [0.5, 0.6) is 0 Å². The highest BCUT2D eigenvalue weighted by Gasteiger charge is 2.34. The van der Waals surface area contributed by atoms with E-state index in [-0.39, 0.29) is 5.82 Å². The summed E-state index contributed by atoms with van der Waals surface area (Å²) in [6, 6.07) is 5.28. The second kappa shape index (κ2) is 5.15. The zero-order valence-corrected chi connectivity index (χ0v) is 10.4. The number of hydrogen-bond acceptors (Lipinski definition) is 2. The summed E-state index contributed by atoms with van der Waals surface area (Å²) in [4.78, 5) is 0. The first-order valence-electron chi connectivity index (χ1n) is 6.31. The van der Waals surface area contributed by atoms with Gasteiger partial charge in [-0.1, -0.05) is 18.6 Å². The van der Waals surface area contributed by atoms with Crippen molar-refractivity contribution in [3.8, 4) is 0 Å². The van der Waals surface area contributed by atoms with Gasteiger partial charge in [-0.2, -0.15) is 0 Å². The zero-order valence-electron chi connectivity index (χ0n) is 10.4. The lowest BCUT2D eigenvalue weighted by molar-refractivity contribution is 0.141. The minimum absolute atomic E-state index is 0.133. The normalized spacial score (nSPS) is 17.8. The Hall–Kier alpha value is -0.930. The van der Waals surface area contributed by atoms with Gasteiger partial charge in [0.05, 0.1) is 0 Å². The topological polar surface area (TPSA) is 38.0 Å². The van der Waals surface area contributed by atoms with Crippen molar-refractivity contribution in [1.29, 1.82) is 0 Å². The standard InChI is InChI=1S/C14H21FN2/c1-11-7-12(3-4-13(11)15)8-17-10-14(9-16)5-2-6-14/h3-4,7,17H,2,5-6,8-10,16H2,1H3. The summed E-state index contributed by atoms with van der Waals surface area (Å²) in [5, 5.41) is 3.44. The molecular weight excluding hydrogens is 215 g/mol. The molecule has 0 amide bonds. The first kappa shape index (κ1) is 12.5. The van der Waals surface area contributed by atoms with Crippen molar-refractivity contribution in [2.75, 3.05) is 13.1 Å². The molecule has 0 radical (unpaired) electrons. The van der Waals surface area contributed by atoms with E-state index in [2.05, 4.69) is 5.32 Å². The fourth-order valence-electron chi connectivity index (χ4n) is 2.42. The molecule has 3 N–H and O–H groups in total. The van der Waals surface area contributed by atoms with Gasteiger partial charge in [-0.25, -0.2) is 4.39 Å². The molecule has 1 fully saturated rings. The second-order valence-corrected chi connectivity index (χ2v) is 5.24. The van der Waals surface area contributed by atoms with Gasteiger partial charge in [0.25, 0.3) is 0 Å². The van der Waals surface area contributed by atoms with Gasteiger partial charge in [0.15, 0.2) is 0 Å². The van der Waals surface area contributed by atoms with Crippen molar-refractivity contribution in [3.05, 3.63) is 35.1 Å². The maximum absolute atomic E-state index is 13.1. The SMILES string of the molecule is Cc1cc(CNCC2(CN)CCC2)ccc1F. The lowest BCUT2D eigenvalue weighted by Gasteiger charge is -2.41. The summed E-state index contributed by atoms with van der Waals surface area (Å²) < 4.78 is 13.1. The van der Waals surface area contributed by atoms with E-state index in [1.54, 1.807) is 6.92 Å². The molecule has 0 unspecified atom stereocenters. The molecule has 0 bridgehead atoms. The van der Waals surface area contributed by atoms with E-state index < -0.39 is 0 Å². The molecule has 1 aromatic carbocycles. The molecule has 3 heteroatoms. The van der Waals surface area contributed by atoms with Gasteiger partial charge >= 0.3 is 0 Å². The first-order valence-corrected chi connectivity index (χ1v) is 6.31. The van der Waals surface area contributed by atoms with Crippen molar-refractivity contribution in [3.63, 3.8) is 0 Å². The van der Waals surface area contributed by atoms with Crippen molar-refractivity contribution in [2.45, 2.75) is 32.7 Å². The van der Waals surface area contributed by atoms with Crippen LogP contribution in [-0.2, 0) is 6.54 Å². The molecule has 0 heterocycles. The highest BCUT2D eigenvalue weighted by Crippen LogP contribution is 2.39. The summed E-state index contributed by atoms with van der Waals surface area (Å²) in [6.07, 6.45) is 3.77. The van der Waals surface area contributed by atoms with Crippen LogP contribution in [0.25, 0.3) is 0 Å². The summed E-state index contributed by atoms with van der Waals surface area (Å²) in [5.74, 6) is -0.133. The summed E-state index contributed by atoms with van der Waals surface area (Å²) >= 11 is 0. The fraction of sp³-hybridized carbons (Fsp3) is 0.571. The minimum atomic E-state index is -0.133. The molecule has 1 aromatic rings. The van der Waals surface area contributed by atoms with Crippen molar-refractivity contribution < 1.29 is 4.39 Å². The largest absolute Gasteiger partial charge is 0.330 e. The Balaban J connectivity index is 1.83. The Morgan fingerprint density at radius 1 is 1.41 bits per heavy atom. The highest BCUT2D eigenvalue weighted by molar-refractivity contribution is 5.23. The minimum Gasteiger partial charge on any atom is -0.330 e. The van der Waals surface area contributed by atoms with Crippen LogP contribution < -0.4 is 11.1 Å². The van der Waals surface area contributed by atoms with Crippen LogP contribution >= 0.6 is 0 Å². The van der Waals surface area contributed by atoms with E-state index >= 15 is 0 Å². The van der Waals surface area contributed by atoms with Gasteiger partial charge in [0, 0.05) is 13.1 Å². The van der Waals surface area contributed by atoms with E-state index in [9.17, 15) is 4.39 Å². The van der Waals surface area contributed by atoms with Crippen molar-refractivity contribution >= 4 is 0 Å². The maximum atomic E-state index is 13.1. The van der Waals surface area contributed by atoms with Crippen LogP contribution in [0, 0.1) is 18.2 Å².